The number of carbonyl (C=O) groups excluding carboxylic acids is 2. The van der Waals surface area contributed by atoms with E-state index in [1.807, 2.05) is 0 Å². The van der Waals surface area contributed by atoms with Crippen molar-refractivity contribution in [1.82, 2.24) is 16.0 Å². The lowest BCUT2D eigenvalue weighted by atomic mass is 10.1. The van der Waals surface area contributed by atoms with Crippen LogP contribution < -0.4 is 21.7 Å². The lowest BCUT2D eigenvalue weighted by molar-refractivity contribution is -0.143. The molecule has 160 valence electrons. The number of nitrogens with two attached hydrogens (primary N) is 1. The van der Waals surface area contributed by atoms with Gasteiger partial charge < -0.3 is 37.0 Å². The Morgan fingerprint density at radius 1 is 0.857 bits per heavy atom. The maximum absolute atomic E-state index is 12.0. The van der Waals surface area contributed by atoms with Crippen LogP contribution in [-0.2, 0) is 24.0 Å². The third kappa shape index (κ3) is 9.83. The van der Waals surface area contributed by atoms with E-state index in [1.54, 1.807) is 0 Å². The summed E-state index contributed by atoms with van der Waals surface area (Å²) in [5.74, 6) is -5.07. The molecule has 0 aromatic heterocycles. The van der Waals surface area contributed by atoms with Gasteiger partial charge in [-0.25, -0.2) is 9.59 Å². The fourth-order valence-corrected chi connectivity index (χ4v) is 2.15. The Morgan fingerprint density at radius 2 is 1.39 bits per heavy atom. The molecule has 2 amide bonds. The predicted octanol–water partition coefficient (Wildman–Crippen LogP) is -1.90. The lowest BCUT2D eigenvalue weighted by Crippen LogP contribution is -2.49. The van der Waals surface area contributed by atoms with Crippen molar-refractivity contribution in [3.05, 3.63) is 0 Å². The van der Waals surface area contributed by atoms with Gasteiger partial charge in [-0.2, -0.15) is 0 Å². The summed E-state index contributed by atoms with van der Waals surface area (Å²) in [4.78, 5) is 56.8. The zero-order valence-electron chi connectivity index (χ0n) is 15.8. The van der Waals surface area contributed by atoms with E-state index in [1.165, 1.54) is 14.0 Å². The van der Waals surface area contributed by atoms with Crippen molar-refractivity contribution >= 4 is 29.7 Å². The Morgan fingerprint density at radius 3 is 1.86 bits per heavy atom. The number of carboxylic acid groups (broad SMARTS) is 3. The quantitative estimate of drug-likeness (QED) is 0.171. The van der Waals surface area contributed by atoms with Gasteiger partial charge in [-0.3, -0.25) is 14.4 Å². The molecule has 0 fully saturated rings. The fraction of sp³-hybridized carbons (Fsp3) is 0.688. The number of hydrogen-bond donors (Lipinski definition) is 7. The number of carbonyl (C=O) groups is 5. The third-order valence-electron chi connectivity index (χ3n) is 4.06. The molecule has 12 heteroatoms. The molecule has 0 saturated heterocycles. The van der Waals surface area contributed by atoms with Crippen molar-refractivity contribution in [2.75, 3.05) is 7.05 Å². The van der Waals surface area contributed by atoms with Crippen molar-refractivity contribution in [2.45, 2.75) is 63.2 Å². The number of rotatable bonds is 14. The number of amides is 2. The van der Waals surface area contributed by atoms with Crippen molar-refractivity contribution in [2.24, 2.45) is 5.73 Å². The van der Waals surface area contributed by atoms with Gasteiger partial charge in [0, 0.05) is 6.42 Å². The number of nitrogens with one attached hydrogen (secondary N) is 3. The van der Waals surface area contributed by atoms with E-state index < -0.39 is 53.9 Å². The molecule has 0 aromatic rings. The second-order valence-electron chi connectivity index (χ2n) is 6.28. The smallest absolute Gasteiger partial charge is 0.326 e. The van der Waals surface area contributed by atoms with Gasteiger partial charge in [0.15, 0.2) is 0 Å². The zero-order valence-corrected chi connectivity index (χ0v) is 15.8. The molecule has 4 unspecified atom stereocenters. The fourth-order valence-electron chi connectivity index (χ4n) is 2.15. The van der Waals surface area contributed by atoms with Crippen LogP contribution in [0.15, 0.2) is 0 Å². The van der Waals surface area contributed by atoms with E-state index in [9.17, 15) is 24.0 Å². The van der Waals surface area contributed by atoms with Gasteiger partial charge in [0.05, 0.1) is 6.04 Å². The lowest BCUT2D eigenvalue weighted by Gasteiger charge is -2.18. The SMILES string of the molecule is CNC(C)C(=O)NC(CCC(=O)NC(CCCC(N)C(=O)O)C(=O)O)C(=O)O. The molecule has 0 bridgehead atoms. The molecule has 28 heavy (non-hydrogen) atoms. The largest absolute Gasteiger partial charge is 0.480 e. The average Bonchev–Trinajstić information content (AvgIpc) is 2.62. The third-order valence-corrected chi connectivity index (χ3v) is 4.06. The Balaban J connectivity index is 4.58. The van der Waals surface area contributed by atoms with E-state index in [-0.39, 0.29) is 32.1 Å². The van der Waals surface area contributed by atoms with Crippen LogP contribution in [0.2, 0.25) is 0 Å². The Bertz CT molecular complexity index is 583. The van der Waals surface area contributed by atoms with Gasteiger partial charge >= 0.3 is 17.9 Å². The maximum Gasteiger partial charge on any atom is 0.326 e. The predicted molar refractivity (Wildman–Crippen MR) is 96.4 cm³/mol. The highest BCUT2D eigenvalue weighted by atomic mass is 16.4. The number of carboxylic acids is 3. The first-order valence-corrected chi connectivity index (χ1v) is 8.70. The summed E-state index contributed by atoms with van der Waals surface area (Å²) in [6.07, 6.45) is -0.351. The normalized spacial score (nSPS) is 15.0. The number of aliphatic carboxylic acids is 3. The molecule has 0 aliphatic rings. The molecule has 0 aliphatic heterocycles. The van der Waals surface area contributed by atoms with Crippen molar-refractivity contribution in [1.29, 1.82) is 0 Å². The molecular formula is C16H28N4O8. The molecule has 4 atom stereocenters. The molecule has 12 nitrogen and oxygen atoms in total. The molecular weight excluding hydrogens is 376 g/mol. The monoisotopic (exact) mass is 404 g/mol. The van der Waals surface area contributed by atoms with Gasteiger partial charge in [-0.1, -0.05) is 0 Å². The van der Waals surface area contributed by atoms with Gasteiger partial charge in [0.25, 0.3) is 0 Å². The highest BCUT2D eigenvalue weighted by molar-refractivity contribution is 5.87. The topological polar surface area (TPSA) is 208 Å². The summed E-state index contributed by atoms with van der Waals surface area (Å²) in [6, 6.07) is -4.30. The minimum atomic E-state index is -1.32. The molecule has 0 aliphatic carbocycles. The first-order chi connectivity index (χ1) is 13.0. The standard InChI is InChI=1S/C16H28N4O8/c1-8(18-2)13(22)20-11(16(27)28)6-7-12(21)19-10(15(25)26)5-3-4-9(17)14(23)24/h8-11,18H,3-7,17H2,1-2H3,(H,19,21)(H,20,22)(H,23,24)(H,25,26)(H,27,28). The second-order valence-corrected chi connectivity index (χ2v) is 6.28. The molecule has 0 heterocycles. The van der Waals surface area contributed by atoms with Crippen molar-refractivity contribution < 1.29 is 39.3 Å². The number of likely N-dealkylation sites (N-methyl/N-ethyl adjacent to an activating group) is 1. The van der Waals surface area contributed by atoms with Crippen LogP contribution in [0.4, 0.5) is 0 Å². The minimum Gasteiger partial charge on any atom is -0.480 e. The molecule has 0 saturated carbocycles. The highest BCUT2D eigenvalue weighted by Gasteiger charge is 2.25. The van der Waals surface area contributed by atoms with Crippen molar-refractivity contribution in [3.63, 3.8) is 0 Å². The van der Waals surface area contributed by atoms with Gasteiger partial charge in [0.2, 0.25) is 11.8 Å². The summed E-state index contributed by atoms with van der Waals surface area (Å²) >= 11 is 0. The summed E-state index contributed by atoms with van der Waals surface area (Å²) in [5, 5.41) is 34.2. The second kappa shape index (κ2) is 12.6. The van der Waals surface area contributed by atoms with Crippen LogP contribution in [0.3, 0.4) is 0 Å². The van der Waals surface area contributed by atoms with Crippen molar-refractivity contribution in [3.8, 4) is 0 Å². The van der Waals surface area contributed by atoms with Crippen LogP contribution >= 0.6 is 0 Å². The average molecular weight is 404 g/mol. The molecule has 0 radical (unpaired) electrons. The Hall–Kier alpha value is -2.73. The Labute approximate surface area is 161 Å². The number of hydrogen-bond acceptors (Lipinski definition) is 7. The van der Waals surface area contributed by atoms with E-state index >= 15 is 0 Å². The molecule has 0 aromatic carbocycles. The van der Waals surface area contributed by atoms with E-state index in [0.717, 1.165) is 0 Å². The van der Waals surface area contributed by atoms with E-state index in [2.05, 4.69) is 16.0 Å². The minimum absolute atomic E-state index is 0.0270. The molecule has 8 N–H and O–H groups in total. The van der Waals surface area contributed by atoms with Gasteiger partial charge in [0.1, 0.15) is 18.1 Å². The van der Waals surface area contributed by atoms with E-state index in [0.29, 0.717) is 0 Å². The maximum atomic E-state index is 12.0. The molecule has 0 rings (SSSR count). The van der Waals surface area contributed by atoms with E-state index in [4.69, 9.17) is 21.1 Å². The summed E-state index contributed by atoms with van der Waals surface area (Å²) in [7, 11) is 1.53. The van der Waals surface area contributed by atoms with Crippen LogP contribution in [0.25, 0.3) is 0 Å². The summed E-state index contributed by atoms with van der Waals surface area (Å²) < 4.78 is 0. The first kappa shape index (κ1) is 25.3. The van der Waals surface area contributed by atoms with Crippen LogP contribution in [0.5, 0.6) is 0 Å². The van der Waals surface area contributed by atoms with Crippen LogP contribution in [-0.4, -0.2) is 76.3 Å². The highest BCUT2D eigenvalue weighted by Crippen LogP contribution is 2.06. The van der Waals surface area contributed by atoms with Crippen LogP contribution in [0, 0.1) is 0 Å². The summed E-state index contributed by atoms with van der Waals surface area (Å²) in [6.45, 7) is 1.54. The summed E-state index contributed by atoms with van der Waals surface area (Å²) in [5.41, 5.74) is 5.33. The zero-order chi connectivity index (χ0) is 21.9. The van der Waals surface area contributed by atoms with Crippen LogP contribution in [0.1, 0.15) is 39.0 Å². The van der Waals surface area contributed by atoms with Gasteiger partial charge in [-0.15, -0.1) is 0 Å². The van der Waals surface area contributed by atoms with Gasteiger partial charge in [-0.05, 0) is 39.7 Å². The Kier molecular flexibility index (Phi) is 11.4. The molecule has 0 spiro atoms. The first-order valence-electron chi connectivity index (χ1n) is 8.70.